The Morgan fingerprint density at radius 2 is 1.69 bits per heavy atom. The molecule has 26 heavy (non-hydrogen) atoms. The summed E-state index contributed by atoms with van der Waals surface area (Å²) >= 11 is 0. The summed E-state index contributed by atoms with van der Waals surface area (Å²) in [6.45, 7) is 11.1. The van der Waals surface area contributed by atoms with E-state index in [1.165, 1.54) is 0 Å². The molecular weight excluding hydrogens is 399 g/mol. The van der Waals surface area contributed by atoms with Gasteiger partial charge in [-0.1, -0.05) is 20.8 Å². The number of nitrogens with one attached hydrogen (secondary N) is 1. The number of piperazine rings is 1. The summed E-state index contributed by atoms with van der Waals surface area (Å²) in [5, 5.41) is 2.94. The molecule has 10 heteroatoms. The highest BCUT2D eigenvalue weighted by molar-refractivity contribution is 5.86. The molecule has 1 fully saturated rings. The molecule has 2 rings (SSSR count). The first-order chi connectivity index (χ1) is 10.9. The number of carbonyl (C=O) groups is 1. The van der Waals surface area contributed by atoms with E-state index in [4.69, 9.17) is 5.73 Å². The van der Waals surface area contributed by atoms with Gasteiger partial charge >= 0.3 is 0 Å². The summed E-state index contributed by atoms with van der Waals surface area (Å²) in [5.74, 6) is 0.713. The number of aromatic nitrogens is 2. The van der Waals surface area contributed by atoms with Crippen LogP contribution in [0.15, 0.2) is 18.5 Å². The third-order valence-corrected chi connectivity index (χ3v) is 4.15. The molecule has 1 amide bonds. The third kappa shape index (κ3) is 8.22. The average molecular weight is 430 g/mol. The van der Waals surface area contributed by atoms with Gasteiger partial charge in [0.15, 0.2) is 0 Å². The monoisotopic (exact) mass is 428 g/mol. The number of amides is 1. The van der Waals surface area contributed by atoms with Crippen molar-refractivity contribution in [1.82, 2.24) is 20.2 Å². The number of hydrogen-bond donors (Lipinski definition) is 2. The molecule has 0 aliphatic carbocycles. The SMILES string of the molecule is CC(C)(C)[C@H](N)C(=O)NCCN1CCN(c2ncccn2)CC1.Cl.Cl.Cl. The Bertz CT molecular complexity index is 506. The van der Waals surface area contributed by atoms with Crippen LogP contribution in [0.3, 0.4) is 0 Å². The summed E-state index contributed by atoms with van der Waals surface area (Å²) < 4.78 is 0. The molecule has 7 nitrogen and oxygen atoms in total. The number of anilines is 1. The highest BCUT2D eigenvalue weighted by Gasteiger charge is 2.27. The van der Waals surface area contributed by atoms with Gasteiger partial charge in [0.05, 0.1) is 6.04 Å². The molecule has 0 unspecified atom stereocenters. The van der Waals surface area contributed by atoms with E-state index in [1.807, 2.05) is 26.8 Å². The normalized spacial score (nSPS) is 15.8. The third-order valence-electron chi connectivity index (χ3n) is 4.15. The standard InChI is InChI=1S/C16H28N6O.3ClH/c1-16(2,3)13(17)14(23)18-7-8-21-9-11-22(12-10-21)15-19-5-4-6-20-15;;;/h4-6,13H,7-12,17H2,1-3H3,(H,18,23);3*1H/t13-;;;/m1.../s1. The highest BCUT2D eigenvalue weighted by atomic mass is 35.5. The lowest BCUT2D eigenvalue weighted by Gasteiger charge is -2.34. The molecule has 152 valence electrons. The average Bonchev–Trinajstić information content (AvgIpc) is 2.54. The van der Waals surface area contributed by atoms with Crippen molar-refractivity contribution in [3.8, 4) is 0 Å². The lowest BCUT2D eigenvalue weighted by molar-refractivity contribution is -0.124. The van der Waals surface area contributed by atoms with Crippen LogP contribution in [-0.2, 0) is 4.79 Å². The van der Waals surface area contributed by atoms with E-state index < -0.39 is 6.04 Å². The molecule has 0 spiro atoms. The minimum atomic E-state index is -0.477. The Balaban J connectivity index is 0. The molecule has 1 aliphatic rings. The maximum absolute atomic E-state index is 12.0. The fourth-order valence-electron chi connectivity index (χ4n) is 2.47. The van der Waals surface area contributed by atoms with E-state index in [-0.39, 0.29) is 48.5 Å². The smallest absolute Gasteiger partial charge is 0.237 e. The molecule has 1 aromatic rings. The summed E-state index contributed by atoms with van der Waals surface area (Å²) in [6, 6.07) is 1.35. The van der Waals surface area contributed by atoms with Gasteiger partial charge in [-0.25, -0.2) is 9.97 Å². The molecule has 0 radical (unpaired) electrons. The first-order valence-corrected chi connectivity index (χ1v) is 8.15. The Hall–Kier alpha value is -0.860. The number of carbonyl (C=O) groups excluding carboxylic acids is 1. The van der Waals surface area contributed by atoms with E-state index in [0.29, 0.717) is 6.54 Å². The minimum absolute atomic E-state index is 0. The number of hydrogen-bond acceptors (Lipinski definition) is 6. The van der Waals surface area contributed by atoms with Crippen molar-refractivity contribution >= 4 is 49.1 Å². The van der Waals surface area contributed by atoms with Crippen LogP contribution < -0.4 is 16.0 Å². The first-order valence-electron chi connectivity index (χ1n) is 8.15. The molecule has 1 aliphatic heterocycles. The van der Waals surface area contributed by atoms with E-state index in [2.05, 4.69) is 25.1 Å². The van der Waals surface area contributed by atoms with Crippen LogP contribution in [0.4, 0.5) is 5.95 Å². The van der Waals surface area contributed by atoms with Gasteiger partial charge in [0.25, 0.3) is 0 Å². The van der Waals surface area contributed by atoms with Crippen molar-refractivity contribution in [2.45, 2.75) is 26.8 Å². The second-order valence-corrected chi connectivity index (χ2v) is 7.01. The van der Waals surface area contributed by atoms with Crippen LogP contribution in [-0.4, -0.2) is 66.1 Å². The maximum Gasteiger partial charge on any atom is 0.237 e. The first kappa shape index (κ1) is 27.4. The van der Waals surface area contributed by atoms with E-state index >= 15 is 0 Å². The van der Waals surface area contributed by atoms with Gasteiger partial charge in [0, 0.05) is 51.7 Å². The van der Waals surface area contributed by atoms with Gasteiger partial charge < -0.3 is 16.0 Å². The van der Waals surface area contributed by atoms with Crippen LogP contribution in [0.1, 0.15) is 20.8 Å². The van der Waals surface area contributed by atoms with Crippen LogP contribution >= 0.6 is 37.2 Å². The molecule has 2 heterocycles. The second kappa shape index (κ2) is 12.5. The zero-order valence-electron chi connectivity index (χ0n) is 15.6. The van der Waals surface area contributed by atoms with Crippen molar-refractivity contribution in [3.05, 3.63) is 18.5 Å². The summed E-state index contributed by atoms with van der Waals surface area (Å²) in [6.07, 6.45) is 3.53. The molecule has 1 saturated heterocycles. The van der Waals surface area contributed by atoms with E-state index in [0.717, 1.165) is 38.7 Å². The van der Waals surface area contributed by atoms with Crippen molar-refractivity contribution in [3.63, 3.8) is 0 Å². The largest absolute Gasteiger partial charge is 0.353 e. The highest BCUT2D eigenvalue weighted by Crippen LogP contribution is 2.17. The quantitative estimate of drug-likeness (QED) is 0.735. The second-order valence-electron chi connectivity index (χ2n) is 7.01. The van der Waals surface area contributed by atoms with Gasteiger partial charge in [-0.3, -0.25) is 9.69 Å². The Morgan fingerprint density at radius 3 is 2.19 bits per heavy atom. The number of nitrogens with zero attached hydrogens (tertiary/aromatic N) is 4. The fraction of sp³-hybridized carbons (Fsp3) is 0.688. The Kier molecular flexibility index (Phi) is 13.2. The summed E-state index contributed by atoms with van der Waals surface area (Å²) in [5.41, 5.74) is 5.73. The fourth-order valence-corrected chi connectivity index (χ4v) is 2.47. The number of rotatable bonds is 5. The van der Waals surface area contributed by atoms with Crippen molar-refractivity contribution < 1.29 is 4.79 Å². The van der Waals surface area contributed by atoms with Gasteiger partial charge in [0.2, 0.25) is 11.9 Å². The number of halogens is 3. The summed E-state index contributed by atoms with van der Waals surface area (Å²) in [7, 11) is 0. The van der Waals surface area contributed by atoms with Crippen LogP contribution in [0, 0.1) is 5.41 Å². The zero-order valence-corrected chi connectivity index (χ0v) is 18.0. The lowest BCUT2D eigenvalue weighted by atomic mass is 9.87. The molecule has 1 atom stereocenters. The minimum Gasteiger partial charge on any atom is -0.353 e. The molecular formula is C16H31Cl3N6O. The van der Waals surface area contributed by atoms with Crippen LogP contribution in [0.2, 0.25) is 0 Å². The number of nitrogens with two attached hydrogens (primary N) is 1. The van der Waals surface area contributed by atoms with E-state index in [9.17, 15) is 4.79 Å². The van der Waals surface area contributed by atoms with Crippen molar-refractivity contribution in [2.75, 3.05) is 44.2 Å². The predicted molar refractivity (Wildman–Crippen MR) is 113 cm³/mol. The predicted octanol–water partition coefficient (Wildman–Crippen LogP) is 1.35. The van der Waals surface area contributed by atoms with E-state index in [1.54, 1.807) is 12.4 Å². The van der Waals surface area contributed by atoms with Gasteiger partial charge in [-0.2, -0.15) is 0 Å². The maximum atomic E-state index is 12.0. The van der Waals surface area contributed by atoms with Gasteiger partial charge in [-0.15, -0.1) is 37.2 Å². The Morgan fingerprint density at radius 1 is 1.15 bits per heavy atom. The molecule has 3 N–H and O–H groups in total. The lowest BCUT2D eigenvalue weighted by Crippen LogP contribution is -2.52. The zero-order chi connectivity index (χ0) is 16.9. The molecule has 0 aromatic carbocycles. The van der Waals surface area contributed by atoms with Crippen LogP contribution in [0.5, 0.6) is 0 Å². The summed E-state index contributed by atoms with van der Waals surface area (Å²) in [4.78, 5) is 25.1. The topological polar surface area (TPSA) is 87.4 Å². The molecule has 0 saturated carbocycles. The van der Waals surface area contributed by atoms with Crippen LogP contribution in [0.25, 0.3) is 0 Å². The van der Waals surface area contributed by atoms with Crippen molar-refractivity contribution in [1.29, 1.82) is 0 Å². The van der Waals surface area contributed by atoms with Crippen molar-refractivity contribution in [2.24, 2.45) is 11.1 Å². The molecule has 1 aromatic heterocycles. The Labute approximate surface area is 174 Å². The van der Waals surface area contributed by atoms with Gasteiger partial charge in [-0.05, 0) is 11.5 Å². The van der Waals surface area contributed by atoms with Gasteiger partial charge in [0.1, 0.15) is 0 Å². The molecule has 0 bridgehead atoms.